The first-order valence-corrected chi connectivity index (χ1v) is 7.49. The third-order valence-corrected chi connectivity index (χ3v) is 4.76. The molecule has 4 nitrogen and oxygen atoms in total. The Kier molecular flexibility index (Phi) is 4.82. The fourth-order valence-electron chi connectivity index (χ4n) is 2.35. The highest BCUT2D eigenvalue weighted by molar-refractivity contribution is 7.12. The maximum absolute atomic E-state index is 12.0. The Hall–Kier alpha value is -1.07. The Morgan fingerprint density at radius 3 is 2.58 bits per heavy atom. The van der Waals surface area contributed by atoms with Crippen molar-refractivity contribution in [2.75, 3.05) is 7.11 Å². The van der Waals surface area contributed by atoms with Crippen molar-refractivity contribution >= 4 is 34.8 Å². The van der Waals surface area contributed by atoms with E-state index in [9.17, 15) is 9.59 Å². The van der Waals surface area contributed by atoms with Crippen LogP contribution >= 0.6 is 22.9 Å². The zero-order valence-corrected chi connectivity index (χ0v) is 12.2. The van der Waals surface area contributed by atoms with E-state index < -0.39 is 0 Å². The van der Waals surface area contributed by atoms with Gasteiger partial charge in [0.15, 0.2) is 0 Å². The number of esters is 1. The number of hydrogen-bond donors (Lipinski definition) is 1. The van der Waals surface area contributed by atoms with Crippen LogP contribution in [0, 0.1) is 5.92 Å². The monoisotopic (exact) mass is 301 g/mol. The number of amides is 1. The lowest BCUT2D eigenvalue weighted by Gasteiger charge is -2.27. The van der Waals surface area contributed by atoms with Crippen LogP contribution in [-0.4, -0.2) is 25.0 Å². The average Bonchev–Trinajstić information content (AvgIpc) is 2.85. The number of methoxy groups -OCH3 is 1. The molecule has 0 atom stereocenters. The quantitative estimate of drug-likeness (QED) is 0.873. The molecular weight excluding hydrogens is 286 g/mol. The van der Waals surface area contributed by atoms with Crippen LogP contribution in [0.3, 0.4) is 0 Å². The minimum absolute atomic E-state index is 0.0246. The third kappa shape index (κ3) is 3.48. The number of carbonyl (C=O) groups is 2. The molecule has 0 unspecified atom stereocenters. The second-order valence-electron chi connectivity index (χ2n) is 4.64. The molecule has 0 spiro atoms. The maximum atomic E-state index is 12.0. The Balaban J connectivity index is 1.85. The zero-order valence-electron chi connectivity index (χ0n) is 10.6. The van der Waals surface area contributed by atoms with Gasteiger partial charge in [-0.25, -0.2) is 0 Å². The number of ether oxygens (including phenoxy) is 1. The van der Waals surface area contributed by atoms with Gasteiger partial charge < -0.3 is 10.1 Å². The molecule has 2 rings (SSSR count). The minimum atomic E-state index is -0.147. The molecule has 0 saturated heterocycles. The summed E-state index contributed by atoms with van der Waals surface area (Å²) in [6.45, 7) is 0. The topological polar surface area (TPSA) is 55.4 Å². The molecule has 1 aromatic heterocycles. The molecule has 6 heteroatoms. The van der Waals surface area contributed by atoms with E-state index in [0.29, 0.717) is 9.90 Å². The smallest absolute Gasteiger partial charge is 0.308 e. The summed E-state index contributed by atoms with van der Waals surface area (Å²) < 4.78 is 4.74. The van der Waals surface area contributed by atoms with Gasteiger partial charge in [-0.3, -0.25) is 9.59 Å². The number of halogens is 1. The predicted molar refractivity (Wildman–Crippen MR) is 74.6 cm³/mol. The minimum Gasteiger partial charge on any atom is -0.469 e. The van der Waals surface area contributed by atoms with Gasteiger partial charge in [-0.05, 0) is 37.1 Å². The molecule has 1 aliphatic carbocycles. The maximum Gasteiger partial charge on any atom is 0.308 e. The van der Waals surface area contributed by atoms with Gasteiger partial charge in [0.25, 0.3) is 5.91 Å². The summed E-state index contributed by atoms with van der Waals surface area (Å²) >= 11 is 7.26. The molecule has 1 heterocycles. The van der Waals surface area contributed by atoms with E-state index >= 15 is 0 Å². The summed E-state index contributed by atoms with van der Waals surface area (Å²) in [6, 6.07) is 1.83. The van der Waals surface area contributed by atoms with E-state index in [1.807, 2.05) is 0 Å². The lowest BCUT2D eigenvalue weighted by molar-refractivity contribution is -0.146. The van der Waals surface area contributed by atoms with E-state index in [4.69, 9.17) is 16.3 Å². The molecule has 19 heavy (non-hydrogen) atoms. The van der Waals surface area contributed by atoms with Gasteiger partial charge in [-0.15, -0.1) is 11.3 Å². The van der Waals surface area contributed by atoms with Gasteiger partial charge in [0.2, 0.25) is 0 Å². The highest BCUT2D eigenvalue weighted by Gasteiger charge is 2.28. The van der Waals surface area contributed by atoms with Crippen LogP contribution in [0.5, 0.6) is 0 Å². The second kappa shape index (κ2) is 6.39. The van der Waals surface area contributed by atoms with Gasteiger partial charge in [0.1, 0.15) is 4.88 Å². The van der Waals surface area contributed by atoms with Crippen molar-refractivity contribution in [2.24, 2.45) is 5.92 Å². The van der Waals surface area contributed by atoms with E-state index in [-0.39, 0.29) is 23.8 Å². The normalized spacial score (nSPS) is 22.8. The lowest BCUT2D eigenvalue weighted by atomic mass is 9.86. The molecule has 104 valence electrons. The standard InChI is InChI=1S/C13H16ClNO3S/c1-18-13(17)8-2-4-9(5-3-8)15-12(16)11-10(14)6-7-19-11/h6-9H,2-5H2,1H3,(H,15,16). The highest BCUT2D eigenvalue weighted by Crippen LogP contribution is 2.27. The summed E-state index contributed by atoms with van der Waals surface area (Å²) in [7, 11) is 1.41. The largest absolute Gasteiger partial charge is 0.469 e. The molecule has 1 N–H and O–H groups in total. The van der Waals surface area contributed by atoms with Crippen LogP contribution in [-0.2, 0) is 9.53 Å². The van der Waals surface area contributed by atoms with E-state index in [2.05, 4.69) is 5.32 Å². The summed E-state index contributed by atoms with van der Waals surface area (Å²) in [5.74, 6) is -0.295. The first-order chi connectivity index (χ1) is 9.11. The van der Waals surface area contributed by atoms with Gasteiger partial charge in [-0.2, -0.15) is 0 Å². The van der Waals surface area contributed by atoms with E-state index in [1.165, 1.54) is 18.4 Å². The Morgan fingerprint density at radius 1 is 1.37 bits per heavy atom. The van der Waals surface area contributed by atoms with Gasteiger partial charge in [-0.1, -0.05) is 11.6 Å². The van der Waals surface area contributed by atoms with Crippen molar-refractivity contribution < 1.29 is 14.3 Å². The van der Waals surface area contributed by atoms with Crippen LogP contribution in [0.4, 0.5) is 0 Å². The summed E-state index contributed by atoms with van der Waals surface area (Å²) in [5, 5.41) is 5.26. The van der Waals surface area contributed by atoms with Crippen molar-refractivity contribution in [3.05, 3.63) is 21.3 Å². The molecule has 0 radical (unpaired) electrons. The van der Waals surface area contributed by atoms with Gasteiger partial charge >= 0.3 is 5.97 Å². The molecule has 1 aromatic rings. The van der Waals surface area contributed by atoms with Crippen LogP contribution in [0.25, 0.3) is 0 Å². The number of hydrogen-bond acceptors (Lipinski definition) is 4. The van der Waals surface area contributed by atoms with Crippen LogP contribution < -0.4 is 5.32 Å². The average molecular weight is 302 g/mol. The molecule has 1 saturated carbocycles. The molecule has 0 aromatic carbocycles. The number of carbonyl (C=O) groups excluding carboxylic acids is 2. The Morgan fingerprint density at radius 2 is 2.05 bits per heavy atom. The van der Waals surface area contributed by atoms with Crippen molar-refractivity contribution in [3.63, 3.8) is 0 Å². The number of rotatable bonds is 3. The van der Waals surface area contributed by atoms with Gasteiger partial charge in [0.05, 0.1) is 18.1 Å². The summed E-state index contributed by atoms with van der Waals surface area (Å²) in [6.07, 6.45) is 3.12. The van der Waals surface area contributed by atoms with E-state index in [1.54, 1.807) is 11.4 Å². The second-order valence-corrected chi connectivity index (χ2v) is 5.97. The van der Waals surface area contributed by atoms with Crippen molar-refractivity contribution in [1.29, 1.82) is 0 Å². The summed E-state index contributed by atoms with van der Waals surface area (Å²) in [4.78, 5) is 23.9. The SMILES string of the molecule is COC(=O)C1CCC(NC(=O)c2sccc2Cl)CC1. The van der Waals surface area contributed by atoms with Crippen molar-refractivity contribution in [1.82, 2.24) is 5.32 Å². The van der Waals surface area contributed by atoms with Gasteiger partial charge in [0, 0.05) is 6.04 Å². The molecule has 0 bridgehead atoms. The number of nitrogens with one attached hydrogen (secondary N) is 1. The summed E-state index contributed by atoms with van der Waals surface area (Å²) in [5.41, 5.74) is 0. The third-order valence-electron chi connectivity index (χ3n) is 3.42. The molecular formula is C13H16ClNO3S. The first-order valence-electron chi connectivity index (χ1n) is 6.23. The molecule has 0 aliphatic heterocycles. The van der Waals surface area contributed by atoms with E-state index in [0.717, 1.165) is 25.7 Å². The van der Waals surface area contributed by atoms with Crippen molar-refractivity contribution in [3.8, 4) is 0 Å². The van der Waals surface area contributed by atoms with Crippen LogP contribution in [0.2, 0.25) is 5.02 Å². The number of thiophene rings is 1. The lowest BCUT2D eigenvalue weighted by Crippen LogP contribution is -2.38. The van der Waals surface area contributed by atoms with Crippen LogP contribution in [0.1, 0.15) is 35.4 Å². The molecule has 1 fully saturated rings. The molecule has 1 amide bonds. The van der Waals surface area contributed by atoms with Crippen LogP contribution in [0.15, 0.2) is 11.4 Å². The van der Waals surface area contributed by atoms with Crippen molar-refractivity contribution in [2.45, 2.75) is 31.7 Å². The Bertz CT molecular complexity index is 466. The fourth-order valence-corrected chi connectivity index (χ4v) is 3.39. The molecule has 1 aliphatic rings. The predicted octanol–water partition coefficient (Wildman–Crippen LogP) is 2.86. The first kappa shape index (κ1) is 14.3. The Labute approximate surface area is 121 Å². The zero-order chi connectivity index (χ0) is 13.8. The highest BCUT2D eigenvalue weighted by atomic mass is 35.5. The fraction of sp³-hybridized carbons (Fsp3) is 0.538.